The number of aliphatic hydroxyl groups excluding tert-OH is 1. The zero-order valence-electron chi connectivity index (χ0n) is 11.1. The van der Waals surface area contributed by atoms with Crippen molar-refractivity contribution in [3.8, 4) is 0 Å². The van der Waals surface area contributed by atoms with Gasteiger partial charge < -0.3 is 15.0 Å². The molecule has 1 fully saturated rings. The summed E-state index contributed by atoms with van der Waals surface area (Å²) in [6.07, 6.45) is 2.28. The SMILES string of the molecule is CC[C@@H](O)CN1CCN(C(=O)c2cc(Br)c[nH]2)CC1. The molecule has 106 valence electrons. The molecule has 0 spiro atoms. The van der Waals surface area contributed by atoms with Crippen LogP contribution in [0, 0.1) is 0 Å². The van der Waals surface area contributed by atoms with E-state index in [2.05, 4.69) is 25.8 Å². The minimum atomic E-state index is -0.262. The summed E-state index contributed by atoms with van der Waals surface area (Å²) in [5, 5.41) is 9.63. The molecule has 19 heavy (non-hydrogen) atoms. The van der Waals surface area contributed by atoms with E-state index in [1.807, 2.05) is 11.8 Å². The van der Waals surface area contributed by atoms with Gasteiger partial charge in [-0.05, 0) is 28.4 Å². The Balaban J connectivity index is 1.84. The fourth-order valence-electron chi connectivity index (χ4n) is 2.22. The van der Waals surface area contributed by atoms with E-state index < -0.39 is 0 Å². The number of carbonyl (C=O) groups excluding carboxylic acids is 1. The van der Waals surface area contributed by atoms with E-state index in [9.17, 15) is 9.90 Å². The summed E-state index contributed by atoms with van der Waals surface area (Å²) < 4.78 is 0.889. The molecule has 1 atom stereocenters. The van der Waals surface area contributed by atoms with Gasteiger partial charge >= 0.3 is 0 Å². The molecular formula is C13H20BrN3O2. The molecule has 1 aromatic rings. The maximum Gasteiger partial charge on any atom is 0.270 e. The van der Waals surface area contributed by atoms with E-state index in [1.54, 1.807) is 12.3 Å². The number of amides is 1. The lowest BCUT2D eigenvalue weighted by Crippen LogP contribution is -2.50. The third kappa shape index (κ3) is 3.81. The molecule has 0 bridgehead atoms. The Morgan fingerprint density at radius 3 is 2.68 bits per heavy atom. The Morgan fingerprint density at radius 1 is 1.47 bits per heavy atom. The lowest BCUT2D eigenvalue weighted by molar-refractivity contribution is 0.0520. The van der Waals surface area contributed by atoms with E-state index in [-0.39, 0.29) is 12.0 Å². The van der Waals surface area contributed by atoms with Crippen molar-refractivity contribution in [2.24, 2.45) is 0 Å². The maximum atomic E-state index is 12.2. The minimum absolute atomic E-state index is 0.0430. The molecule has 0 unspecified atom stereocenters. The van der Waals surface area contributed by atoms with E-state index >= 15 is 0 Å². The van der Waals surface area contributed by atoms with Gasteiger partial charge in [-0.3, -0.25) is 9.69 Å². The molecule has 5 nitrogen and oxygen atoms in total. The number of rotatable bonds is 4. The molecule has 1 saturated heterocycles. The number of halogens is 1. The zero-order valence-corrected chi connectivity index (χ0v) is 12.7. The van der Waals surface area contributed by atoms with Gasteiger partial charge in [0.05, 0.1) is 6.10 Å². The number of aromatic nitrogens is 1. The fraction of sp³-hybridized carbons (Fsp3) is 0.615. The first-order valence-corrected chi connectivity index (χ1v) is 7.43. The summed E-state index contributed by atoms with van der Waals surface area (Å²) >= 11 is 3.33. The van der Waals surface area contributed by atoms with Crippen LogP contribution in [0.2, 0.25) is 0 Å². The highest BCUT2D eigenvalue weighted by atomic mass is 79.9. The Labute approximate surface area is 121 Å². The van der Waals surface area contributed by atoms with Gasteiger partial charge in [-0.15, -0.1) is 0 Å². The van der Waals surface area contributed by atoms with E-state index in [0.717, 1.165) is 24.0 Å². The predicted molar refractivity (Wildman–Crippen MR) is 77.1 cm³/mol. The molecule has 2 rings (SSSR count). The van der Waals surface area contributed by atoms with Crippen molar-refractivity contribution < 1.29 is 9.90 Å². The van der Waals surface area contributed by atoms with E-state index in [0.29, 0.717) is 25.3 Å². The second-order valence-corrected chi connectivity index (χ2v) is 5.80. The van der Waals surface area contributed by atoms with Crippen LogP contribution in [-0.4, -0.2) is 64.6 Å². The number of β-amino-alcohol motifs (C(OH)–C–C–N with tert-alkyl or cyclic N) is 1. The van der Waals surface area contributed by atoms with Crippen LogP contribution in [0.25, 0.3) is 0 Å². The first kappa shape index (κ1) is 14.6. The number of hydrogen-bond donors (Lipinski definition) is 2. The number of piperazine rings is 1. The van der Waals surface area contributed by atoms with Crippen molar-refractivity contribution in [2.75, 3.05) is 32.7 Å². The van der Waals surface area contributed by atoms with E-state index in [1.165, 1.54) is 0 Å². The van der Waals surface area contributed by atoms with Crippen LogP contribution < -0.4 is 0 Å². The molecule has 1 aromatic heterocycles. The van der Waals surface area contributed by atoms with Crippen LogP contribution in [0.15, 0.2) is 16.7 Å². The molecular weight excluding hydrogens is 310 g/mol. The van der Waals surface area contributed by atoms with Crippen LogP contribution in [-0.2, 0) is 0 Å². The number of carbonyl (C=O) groups is 1. The summed E-state index contributed by atoms with van der Waals surface area (Å²) in [6, 6.07) is 1.80. The van der Waals surface area contributed by atoms with Gasteiger partial charge in [-0.1, -0.05) is 6.92 Å². The van der Waals surface area contributed by atoms with Crippen molar-refractivity contribution in [3.05, 3.63) is 22.4 Å². The van der Waals surface area contributed by atoms with Crippen molar-refractivity contribution in [2.45, 2.75) is 19.4 Å². The third-order valence-electron chi connectivity index (χ3n) is 3.48. The van der Waals surface area contributed by atoms with Crippen molar-refractivity contribution in [1.29, 1.82) is 0 Å². The second kappa shape index (κ2) is 6.54. The molecule has 0 aliphatic carbocycles. The quantitative estimate of drug-likeness (QED) is 0.875. The van der Waals surface area contributed by atoms with Crippen LogP contribution in [0.5, 0.6) is 0 Å². The normalized spacial score (nSPS) is 18.6. The number of nitrogens with one attached hydrogen (secondary N) is 1. The van der Waals surface area contributed by atoms with Crippen molar-refractivity contribution >= 4 is 21.8 Å². The van der Waals surface area contributed by atoms with Crippen LogP contribution >= 0.6 is 15.9 Å². The van der Waals surface area contributed by atoms with Gasteiger partial charge in [-0.2, -0.15) is 0 Å². The second-order valence-electron chi connectivity index (χ2n) is 4.89. The molecule has 6 heteroatoms. The molecule has 2 N–H and O–H groups in total. The molecule has 2 heterocycles. The van der Waals surface area contributed by atoms with Gasteiger partial charge in [0.25, 0.3) is 5.91 Å². The number of aromatic amines is 1. The Morgan fingerprint density at radius 2 is 2.16 bits per heavy atom. The van der Waals surface area contributed by atoms with Crippen LogP contribution in [0.3, 0.4) is 0 Å². The predicted octanol–water partition coefficient (Wildman–Crippen LogP) is 1.31. The average Bonchev–Trinajstić information content (AvgIpc) is 2.85. The summed E-state index contributed by atoms with van der Waals surface area (Å²) in [5.41, 5.74) is 0.619. The fourth-order valence-corrected chi connectivity index (χ4v) is 2.57. The third-order valence-corrected chi connectivity index (χ3v) is 3.94. The van der Waals surface area contributed by atoms with Crippen LogP contribution in [0.4, 0.5) is 0 Å². The summed E-state index contributed by atoms with van der Waals surface area (Å²) in [6.45, 7) is 5.76. The van der Waals surface area contributed by atoms with Gasteiger partial charge in [0.2, 0.25) is 0 Å². The highest BCUT2D eigenvalue weighted by Crippen LogP contribution is 2.14. The monoisotopic (exact) mass is 329 g/mol. The standard InChI is InChI=1S/C13H20BrN3O2/c1-2-11(18)9-16-3-5-17(6-4-16)13(19)12-7-10(14)8-15-12/h7-8,11,15,18H,2-6,9H2,1H3/t11-/m1/s1. The van der Waals surface area contributed by atoms with Gasteiger partial charge in [0.1, 0.15) is 5.69 Å². The summed E-state index contributed by atoms with van der Waals surface area (Å²) in [7, 11) is 0. The lowest BCUT2D eigenvalue weighted by Gasteiger charge is -2.35. The Kier molecular flexibility index (Phi) is 5.01. The Hall–Kier alpha value is -0.850. The highest BCUT2D eigenvalue weighted by Gasteiger charge is 2.23. The van der Waals surface area contributed by atoms with Gasteiger partial charge in [0.15, 0.2) is 0 Å². The number of hydrogen-bond acceptors (Lipinski definition) is 3. The largest absolute Gasteiger partial charge is 0.392 e. The van der Waals surface area contributed by atoms with Gasteiger partial charge in [-0.25, -0.2) is 0 Å². The average molecular weight is 330 g/mol. The molecule has 0 aromatic carbocycles. The first-order chi connectivity index (χ1) is 9.10. The minimum Gasteiger partial charge on any atom is -0.392 e. The zero-order chi connectivity index (χ0) is 13.8. The topological polar surface area (TPSA) is 59.6 Å². The number of H-pyrrole nitrogens is 1. The van der Waals surface area contributed by atoms with Gasteiger partial charge in [0, 0.05) is 43.4 Å². The smallest absolute Gasteiger partial charge is 0.270 e. The Bertz CT molecular complexity index is 427. The first-order valence-electron chi connectivity index (χ1n) is 6.63. The number of nitrogens with zero attached hydrogens (tertiary/aromatic N) is 2. The highest BCUT2D eigenvalue weighted by molar-refractivity contribution is 9.10. The van der Waals surface area contributed by atoms with E-state index in [4.69, 9.17) is 0 Å². The number of aliphatic hydroxyl groups is 1. The molecule has 1 amide bonds. The van der Waals surface area contributed by atoms with Crippen molar-refractivity contribution in [1.82, 2.24) is 14.8 Å². The molecule has 0 saturated carbocycles. The molecule has 1 aliphatic rings. The lowest BCUT2D eigenvalue weighted by atomic mass is 10.2. The molecule has 1 aliphatic heterocycles. The molecule has 0 radical (unpaired) electrons. The summed E-state index contributed by atoms with van der Waals surface area (Å²) in [4.78, 5) is 19.2. The van der Waals surface area contributed by atoms with Crippen molar-refractivity contribution in [3.63, 3.8) is 0 Å². The van der Waals surface area contributed by atoms with Crippen LogP contribution in [0.1, 0.15) is 23.8 Å². The maximum absolute atomic E-state index is 12.2. The summed E-state index contributed by atoms with van der Waals surface area (Å²) in [5.74, 6) is 0.0430.